The normalized spacial score (nSPS) is 10.9. The van der Waals surface area contributed by atoms with Crippen LogP contribution in [0.3, 0.4) is 0 Å². The molecule has 0 aliphatic heterocycles. The van der Waals surface area contributed by atoms with Crippen molar-refractivity contribution in [3.63, 3.8) is 0 Å². The molecule has 7 heteroatoms. The zero-order valence-electron chi connectivity index (χ0n) is 17.9. The van der Waals surface area contributed by atoms with Crippen LogP contribution in [0.5, 0.6) is 11.5 Å². The van der Waals surface area contributed by atoms with Gasteiger partial charge in [0.25, 0.3) is 11.5 Å². The maximum absolute atomic E-state index is 13.0. The maximum Gasteiger partial charge on any atom is 0.295 e. The van der Waals surface area contributed by atoms with Gasteiger partial charge >= 0.3 is 0 Å². The van der Waals surface area contributed by atoms with Gasteiger partial charge in [-0.05, 0) is 43.2 Å². The number of ether oxygens (including phenoxy) is 2. The maximum atomic E-state index is 13.0. The molecule has 0 saturated carbocycles. The first kappa shape index (κ1) is 21.2. The van der Waals surface area contributed by atoms with E-state index >= 15 is 0 Å². The van der Waals surface area contributed by atoms with Crippen LogP contribution in [0.2, 0.25) is 0 Å². The third kappa shape index (κ3) is 4.25. The largest absolute Gasteiger partial charge is 0.493 e. The number of methoxy groups -OCH3 is 1. The van der Waals surface area contributed by atoms with Gasteiger partial charge in [-0.2, -0.15) is 0 Å². The van der Waals surface area contributed by atoms with E-state index in [2.05, 4.69) is 19.2 Å². The summed E-state index contributed by atoms with van der Waals surface area (Å²) in [4.78, 5) is 25.8. The Morgan fingerprint density at radius 1 is 1.10 bits per heavy atom. The van der Waals surface area contributed by atoms with E-state index in [0.29, 0.717) is 35.3 Å². The first-order valence-corrected chi connectivity index (χ1v) is 9.79. The van der Waals surface area contributed by atoms with Gasteiger partial charge in [0.2, 0.25) is 0 Å². The monoisotopic (exact) mass is 409 g/mol. The van der Waals surface area contributed by atoms with Crippen molar-refractivity contribution in [1.82, 2.24) is 9.36 Å². The molecule has 30 heavy (non-hydrogen) atoms. The molecule has 0 bridgehead atoms. The second-order valence-corrected chi connectivity index (χ2v) is 7.46. The van der Waals surface area contributed by atoms with Crippen molar-refractivity contribution < 1.29 is 14.3 Å². The quantitative estimate of drug-likeness (QED) is 0.644. The Hall–Kier alpha value is -3.48. The van der Waals surface area contributed by atoms with Gasteiger partial charge in [0, 0.05) is 12.6 Å². The van der Waals surface area contributed by atoms with Crippen molar-refractivity contribution in [2.24, 2.45) is 13.0 Å². The van der Waals surface area contributed by atoms with Crippen molar-refractivity contribution in [2.75, 3.05) is 19.0 Å². The Morgan fingerprint density at radius 2 is 1.80 bits per heavy atom. The summed E-state index contributed by atoms with van der Waals surface area (Å²) < 4.78 is 14.3. The Kier molecular flexibility index (Phi) is 6.30. The van der Waals surface area contributed by atoms with E-state index < -0.39 is 5.91 Å². The standard InChI is InChI=1S/C23H27N3O4/c1-15(2)14-30-19-12-11-17(13-20(19)29-5)22(27)24-21-16(3)25(4)26(23(21)28)18-9-7-6-8-10-18/h6-13,15H,14H2,1-5H3,(H,24,27). The van der Waals surface area contributed by atoms with Crippen molar-refractivity contribution in [3.8, 4) is 17.2 Å². The highest BCUT2D eigenvalue weighted by atomic mass is 16.5. The van der Waals surface area contributed by atoms with Gasteiger partial charge in [-0.3, -0.25) is 14.3 Å². The fourth-order valence-corrected chi connectivity index (χ4v) is 3.08. The molecule has 0 unspecified atom stereocenters. The number of hydrogen-bond acceptors (Lipinski definition) is 4. The molecule has 0 saturated heterocycles. The van der Waals surface area contributed by atoms with Crippen molar-refractivity contribution in [1.29, 1.82) is 0 Å². The molecule has 1 aromatic heterocycles. The zero-order chi connectivity index (χ0) is 21.8. The molecule has 2 aromatic carbocycles. The van der Waals surface area contributed by atoms with E-state index in [1.165, 1.54) is 11.8 Å². The fourth-order valence-electron chi connectivity index (χ4n) is 3.08. The molecule has 0 atom stereocenters. The first-order valence-electron chi connectivity index (χ1n) is 9.79. The van der Waals surface area contributed by atoms with Crippen molar-refractivity contribution >= 4 is 11.6 Å². The number of nitrogens with zero attached hydrogens (tertiary/aromatic N) is 2. The summed E-state index contributed by atoms with van der Waals surface area (Å²) in [5, 5.41) is 2.76. The summed E-state index contributed by atoms with van der Waals surface area (Å²) in [6.45, 7) is 6.45. The predicted molar refractivity (Wildman–Crippen MR) is 117 cm³/mol. The molecular formula is C23H27N3O4. The molecule has 1 amide bonds. The van der Waals surface area contributed by atoms with Gasteiger partial charge in [-0.25, -0.2) is 4.68 Å². The first-order chi connectivity index (χ1) is 14.3. The smallest absolute Gasteiger partial charge is 0.295 e. The molecule has 0 radical (unpaired) electrons. The number of benzene rings is 2. The van der Waals surface area contributed by atoms with Crippen LogP contribution in [0.4, 0.5) is 5.69 Å². The molecule has 0 spiro atoms. The SMILES string of the molecule is COc1cc(C(=O)Nc2c(C)n(C)n(-c3ccccc3)c2=O)ccc1OCC(C)C. The van der Waals surface area contributed by atoms with E-state index in [1.807, 2.05) is 30.3 Å². The van der Waals surface area contributed by atoms with Gasteiger partial charge in [0.05, 0.1) is 25.1 Å². The minimum absolute atomic E-state index is 0.241. The van der Waals surface area contributed by atoms with E-state index in [-0.39, 0.29) is 11.2 Å². The summed E-state index contributed by atoms with van der Waals surface area (Å²) in [5.74, 6) is 1.01. The minimum Gasteiger partial charge on any atom is -0.493 e. The molecule has 0 fully saturated rings. The second-order valence-electron chi connectivity index (χ2n) is 7.46. The summed E-state index contributed by atoms with van der Waals surface area (Å²) in [5.41, 5.74) is 1.70. The summed E-state index contributed by atoms with van der Waals surface area (Å²) in [6.07, 6.45) is 0. The predicted octanol–water partition coefficient (Wildman–Crippen LogP) is 3.78. The Bertz CT molecular complexity index is 1100. The third-order valence-electron chi connectivity index (χ3n) is 4.79. The van der Waals surface area contributed by atoms with Gasteiger partial charge < -0.3 is 14.8 Å². The highest BCUT2D eigenvalue weighted by Crippen LogP contribution is 2.29. The van der Waals surface area contributed by atoms with Crippen molar-refractivity contribution in [3.05, 3.63) is 70.1 Å². The van der Waals surface area contributed by atoms with Crippen LogP contribution in [0.1, 0.15) is 29.9 Å². The Labute approximate surface area is 175 Å². The van der Waals surface area contributed by atoms with Crippen LogP contribution in [-0.4, -0.2) is 29.0 Å². The van der Waals surface area contributed by atoms with Gasteiger partial charge in [0.1, 0.15) is 5.69 Å². The molecule has 0 aliphatic rings. The highest BCUT2D eigenvalue weighted by molar-refractivity contribution is 6.04. The van der Waals surface area contributed by atoms with Crippen LogP contribution in [0, 0.1) is 12.8 Å². The van der Waals surface area contributed by atoms with E-state index in [4.69, 9.17) is 9.47 Å². The lowest BCUT2D eigenvalue weighted by molar-refractivity contribution is 0.102. The average Bonchev–Trinajstić information content (AvgIpc) is 2.95. The summed E-state index contributed by atoms with van der Waals surface area (Å²) in [6, 6.07) is 14.3. The zero-order valence-corrected chi connectivity index (χ0v) is 17.9. The van der Waals surface area contributed by atoms with Gasteiger partial charge in [0.15, 0.2) is 11.5 Å². The Morgan fingerprint density at radius 3 is 2.43 bits per heavy atom. The van der Waals surface area contributed by atoms with E-state index in [0.717, 1.165) is 5.69 Å². The number of carbonyl (C=O) groups excluding carboxylic acids is 1. The molecule has 1 N–H and O–H groups in total. The number of hydrogen-bond donors (Lipinski definition) is 1. The number of amides is 1. The van der Waals surface area contributed by atoms with Crippen LogP contribution in [-0.2, 0) is 7.05 Å². The topological polar surface area (TPSA) is 74.5 Å². The van der Waals surface area contributed by atoms with Crippen LogP contribution in [0.25, 0.3) is 5.69 Å². The molecule has 3 rings (SSSR count). The third-order valence-corrected chi connectivity index (χ3v) is 4.79. The second kappa shape index (κ2) is 8.90. The molecule has 3 aromatic rings. The number of anilines is 1. The van der Waals surface area contributed by atoms with E-state index in [9.17, 15) is 9.59 Å². The number of aromatic nitrogens is 2. The lowest BCUT2D eigenvalue weighted by atomic mass is 10.1. The number of para-hydroxylation sites is 1. The summed E-state index contributed by atoms with van der Waals surface area (Å²) >= 11 is 0. The average molecular weight is 409 g/mol. The molecule has 7 nitrogen and oxygen atoms in total. The molecular weight excluding hydrogens is 382 g/mol. The van der Waals surface area contributed by atoms with E-state index in [1.54, 1.807) is 36.9 Å². The highest BCUT2D eigenvalue weighted by Gasteiger charge is 2.19. The number of carbonyl (C=O) groups is 1. The number of rotatable bonds is 7. The minimum atomic E-state index is -0.394. The van der Waals surface area contributed by atoms with Crippen LogP contribution < -0.4 is 20.3 Å². The van der Waals surface area contributed by atoms with Gasteiger partial charge in [-0.1, -0.05) is 32.0 Å². The molecule has 0 aliphatic carbocycles. The van der Waals surface area contributed by atoms with Gasteiger partial charge in [-0.15, -0.1) is 0 Å². The summed E-state index contributed by atoms with van der Waals surface area (Å²) in [7, 11) is 3.31. The van der Waals surface area contributed by atoms with Crippen LogP contribution >= 0.6 is 0 Å². The Balaban J connectivity index is 1.89. The van der Waals surface area contributed by atoms with Crippen LogP contribution in [0.15, 0.2) is 53.3 Å². The lowest BCUT2D eigenvalue weighted by Gasteiger charge is -2.13. The molecule has 158 valence electrons. The molecule has 1 heterocycles. The van der Waals surface area contributed by atoms with Crippen molar-refractivity contribution in [2.45, 2.75) is 20.8 Å². The number of nitrogens with one attached hydrogen (secondary N) is 1. The fraction of sp³-hybridized carbons (Fsp3) is 0.304. The lowest BCUT2D eigenvalue weighted by Crippen LogP contribution is -2.23.